The van der Waals surface area contributed by atoms with Crippen molar-refractivity contribution in [3.8, 4) is 11.3 Å². The molecule has 27 heavy (non-hydrogen) atoms. The molecule has 1 aliphatic rings. The zero-order valence-electron chi connectivity index (χ0n) is 15.8. The maximum absolute atomic E-state index is 13.1. The Kier molecular flexibility index (Phi) is 4.79. The third kappa shape index (κ3) is 3.65. The molecular formula is C21H24N4O2. The predicted octanol–water partition coefficient (Wildman–Crippen LogP) is 3.68. The fourth-order valence-corrected chi connectivity index (χ4v) is 3.82. The van der Waals surface area contributed by atoms with Gasteiger partial charge in [-0.25, -0.2) is 0 Å². The first kappa shape index (κ1) is 17.5. The highest BCUT2D eigenvalue weighted by Crippen LogP contribution is 2.36. The number of piperidine rings is 1. The third-order valence-electron chi connectivity index (χ3n) is 5.09. The zero-order chi connectivity index (χ0) is 18.8. The summed E-state index contributed by atoms with van der Waals surface area (Å²) in [5, 5.41) is 8.70. The van der Waals surface area contributed by atoms with E-state index in [9.17, 15) is 4.79 Å². The third-order valence-corrected chi connectivity index (χ3v) is 5.09. The molecule has 1 atom stereocenters. The smallest absolute Gasteiger partial charge is 0.227 e. The molecule has 0 spiro atoms. The highest BCUT2D eigenvalue weighted by atomic mass is 16.5. The summed E-state index contributed by atoms with van der Waals surface area (Å²) in [6.45, 7) is 2.67. The van der Waals surface area contributed by atoms with E-state index in [1.165, 1.54) is 0 Å². The van der Waals surface area contributed by atoms with Crippen molar-refractivity contribution >= 4 is 5.91 Å². The molecule has 140 valence electrons. The van der Waals surface area contributed by atoms with Gasteiger partial charge in [-0.3, -0.25) is 9.48 Å². The zero-order valence-corrected chi connectivity index (χ0v) is 15.8. The number of amides is 1. The number of benzene rings is 1. The van der Waals surface area contributed by atoms with E-state index < -0.39 is 0 Å². The SMILES string of the molecule is Cc1cc(-c2cn(C)nc2[C@H]2CCCCN2C(=O)Cc2ccccc2)on1. The summed E-state index contributed by atoms with van der Waals surface area (Å²) >= 11 is 0. The standard InChI is InChI=1S/C21H24N4O2/c1-15-12-19(27-23-15)17-14-24(2)22-21(17)18-10-6-7-11-25(18)20(26)13-16-8-4-3-5-9-16/h3-5,8-9,12,14,18H,6-7,10-11,13H2,1-2H3/t18-/m1/s1. The van der Waals surface area contributed by atoms with Crippen LogP contribution >= 0.6 is 0 Å². The number of aromatic nitrogens is 3. The molecule has 1 fully saturated rings. The first-order valence-corrected chi connectivity index (χ1v) is 9.42. The molecule has 1 saturated heterocycles. The van der Waals surface area contributed by atoms with Crippen LogP contribution in [0, 0.1) is 6.92 Å². The molecule has 0 N–H and O–H groups in total. The van der Waals surface area contributed by atoms with Gasteiger partial charge < -0.3 is 9.42 Å². The van der Waals surface area contributed by atoms with E-state index in [0.717, 1.165) is 48.3 Å². The average molecular weight is 364 g/mol. The van der Waals surface area contributed by atoms with Crippen LogP contribution in [0.3, 0.4) is 0 Å². The Morgan fingerprint density at radius 3 is 2.81 bits per heavy atom. The minimum Gasteiger partial charge on any atom is -0.356 e. The Hall–Kier alpha value is -2.89. The molecule has 4 rings (SSSR count). The lowest BCUT2D eigenvalue weighted by Crippen LogP contribution is -2.39. The molecule has 0 aliphatic carbocycles. The number of aryl methyl sites for hydroxylation is 2. The highest BCUT2D eigenvalue weighted by molar-refractivity contribution is 5.79. The van der Waals surface area contributed by atoms with Gasteiger partial charge in [-0.1, -0.05) is 35.5 Å². The van der Waals surface area contributed by atoms with Gasteiger partial charge in [-0.05, 0) is 31.7 Å². The van der Waals surface area contributed by atoms with Crippen molar-refractivity contribution in [2.75, 3.05) is 6.54 Å². The van der Waals surface area contributed by atoms with E-state index in [1.807, 2.05) is 61.5 Å². The fraction of sp³-hybridized carbons (Fsp3) is 0.381. The van der Waals surface area contributed by atoms with Crippen molar-refractivity contribution in [3.63, 3.8) is 0 Å². The monoisotopic (exact) mass is 364 g/mol. The number of rotatable bonds is 4. The lowest BCUT2D eigenvalue weighted by atomic mass is 9.95. The van der Waals surface area contributed by atoms with Gasteiger partial charge in [0.2, 0.25) is 5.91 Å². The molecule has 1 aliphatic heterocycles. The summed E-state index contributed by atoms with van der Waals surface area (Å²) in [6, 6.07) is 11.8. The van der Waals surface area contributed by atoms with E-state index >= 15 is 0 Å². The number of nitrogens with zero attached hydrogens (tertiary/aromatic N) is 4. The van der Waals surface area contributed by atoms with Gasteiger partial charge in [0.1, 0.15) is 0 Å². The molecule has 6 heteroatoms. The quantitative estimate of drug-likeness (QED) is 0.708. The minimum absolute atomic E-state index is 0.0310. The summed E-state index contributed by atoms with van der Waals surface area (Å²) in [6.07, 6.45) is 5.40. The van der Waals surface area contributed by atoms with Crippen molar-refractivity contribution in [2.24, 2.45) is 7.05 Å². The van der Waals surface area contributed by atoms with Crippen LogP contribution in [-0.4, -0.2) is 32.3 Å². The molecule has 3 aromatic rings. The van der Waals surface area contributed by atoms with Crippen molar-refractivity contribution in [1.82, 2.24) is 19.8 Å². The van der Waals surface area contributed by atoms with Crippen LogP contribution in [0.25, 0.3) is 11.3 Å². The maximum Gasteiger partial charge on any atom is 0.227 e. The second-order valence-corrected chi connectivity index (χ2v) is 7.20. The Balaban J connectivity index is 1.64. The van der Waals surface area contributed by atoms with Crippen LogP contribution in [0.4, 0.5) is 0 Å². The Morgan fingerprint density at radius 1 is 1.26 bits per heavy atom. The van der Waals surface area contributed by atoms with Gasteiger partial charge in [0.25, 0.3) is 0 Å². The Labute approximate surface area is 158 Å². The average Bonchev–Trinajstić information content (AvgIpc) is 3.28. The van der Waals surface area contributed by atoms with Crippen LogP contribution in [-0.2, 0) is 18.3 Å². The van der Waals surface area contributed by atoms with Gasteiger partial charge in [-0.15, -0.1) is 0 Å². The van der Waals surface area contributed by atoms with Crippen LogP contribution in [0.2, 0.25) is 0 Å². The lowest BCUT2D eigenvalue weighted by Gasteiger charge is -2.35. The molecular weight excluding hydrogens is 340 g/mol. The molecule has 0 saturated carbocycles. The molecule has 6 nitrogen and oxygen atoms in total. The van der Waals surface area contributed by atoms with Gasteiger partial charge in [-0.2, -0.15) is 5.10 Å². The van der Waals surface area contributed by atoms with E-state index in [1.54, 1.807) is 4.68 Å². The molecule has 2 aromatic heterocycles. The molecule has 1 amide bonds. The van der Waals surface area contributed by atoms with E-state index in [4.69, 9.17) is 9.62 Å². The lowest BCUT2D eigenvalue weighted by molar-refractivity contribution is -0.134. The van der Waals surface area contributed by atoms with Crippen LogP contribution in [0.1, 0.15) is 42.3 Å². The number of hydrogen-bond donors (Lipinski definition) is 0. The van der Waals surface area contributed by atoms with Crippen LogP contribution in [0.15, 0.2) is 47.1 Å². The van der Waals surface area contributed by atoms with Crippen molar-refractivity contribution in [2.45, 2.75) is 38.6 Å². The second-order valence-electron chi connectivity index (χ2n) is 7.20. The van der Waals surface area contributed by atoms with Crippen molar-refractivity contribution in [3.05, 3.63) is 59.5 Å². The van der Waals surface area contributed by atoms with Gasteiger partial charge in [0.15, 0.2) is 5.76 Å². The van der Waals surface area contributed by atoms with Gasteiger partial charge in [0, 0.05) is 25.9 Å². The fourth-order valence-electron chi connectivity index (χ4n) is 3.82. The van der Waals surface area contributed by atoms with Crippen molar-refractivity contribution in [1.29, 1.82) is 0 Å². The largest absolute Gasteiger partial charge is 0.356 e. The van der Waals surface area contributed by atoms with E-state index in [-0.39, 0.29) is 11.9 Å². The summed E-state index contributed by atoms with van der Waals surface area (Å²) in [4.78, 5) is 15.1. The summed E-state index contributed by atoms with van der Waals surface area (Å²) in [5.74, 6) is 0.855. The second kappa shape index (κ2) is 7.39. The number of carbonyl (C=O) groups excluding carboxylic acids is 1. The predicted molar refractivity (Wildman–Crippen MR) is 102 cm³/mol. The number of likely N-dealkylation sites (tertiary alicyclic amines) is 1. The highest BCUT2D eigenvalue weighted by Gasteiger charge is 2.32. The summed E-state index contributed by atoms with van der Waals surface area (Å²) < 4.78 is 7.27. The molecule has 0 bridgehead atoms. The summed E-state index contributed by atoms with van der Waals surface area (Å²) in [7, 11) is 1.90. The summed E-state index contributed by atoms with van der Waals surface area (Å²) in [5.41, 5.74) is 3.69. The van der Waals surface area contributed by atoms with E-state index in [0.29, 0.717) is 12.2 Å². The molecule has 3 heterocycles. The molecule has 0 unspecified atom stereocenters. The molecule has 0 radical (unpaired) electrons. The maximum atomic E-state index is 13.1. The van der Waals surface area contributed by atoms with E-state index in [2.05, 4.69) is 5.16 Å². The first-order valence-electron chi connectivity index (χ1n) is 9.42. The normalized spacial score (nSPS) is 17.3. The van der Waals surface area contributed by atoms with Gasteiger partial charge in [0.05, 0.1) is 29.4 Å². The number of carbonyl (C=O) groups is 1. The first-order chi connectivity index (χ1) is 13.1. The van der Waals surface area contributed by atoms with Gasteiger partial charge >= 0.3 is 0 Å². The molecule has 1 aromatic carbocycles. The van der Waals surface area contributed by atoms with Crippen molar-refractivity contribution < 1.29 is 9.32 Å². The minimum atomic E-state index is -0.0310. The Morgan fingerprint density at radius 2 is 2.07 bits per heavy atom. The Bertz CT molecular complexity index is 929. The number of hydrogen-bond acceptors (Lipinski definition) is 4. The van der Waals surface area contributed by atoms with Crippen LogP contribution in [0.5, 0.6) is 0 Å². The van der Waals surface area contributed by atoms with Crippen LogP contribution < -0.4 is 0 Å². The topological polar surface area (TPSA) is 64.2 Å².